The van der Waals surface area contributed by atoms with Crippen molar-refractivity contribution in [2.75, 3.05) is 18.1 Å². The van der Waals surface area contributed by atoms with Gasteiger partial charge in [0, 0.05) is 23.4 Å². The Bertz CT molecular complexity index is 603. The van der Waals surface area contributed by atoms with Crippen molar-refractivity contribution >= 4 is 34.6 Å². The number of fused-ring (bicyclic) bond motifs is 1. The summed E-state index contributed by atoms with van der Waals surface area (Å²) in [7, 11) is 0. The minimum atomic E-state index is -0.946. The molecule has 0 radical (unpaired) electrons. The second kappa shape index (κ2) is 5.88. The second-order valence-electron chi connectivity index (χ2n) is 4.20. The number of hydrogen-bond donors (Lipinski definition) is 2. The van der Waals surface area contributed by atoms with Crippen molar-refractivity contribution in [2.45, 2.75) is 12.2 Å². The molecule has 1 aromatic carbocycles. The molecule has 1 atom stereocenters. The average Bonchev–Trinajstić information content (AvgIpc) is 2.43. The van der Waals surface area contributed by atoms with Crippen LogP contribution in [0.25, 0.3) is 10.9 Å². The van der Waals surface area contributed by atoms with Crippen molar-refractivity contribution in [3.8, 4) is 0 Å². The van der Waals surface area contributed by atoms with E-state index in [1.54, 1.807) is 36.2 Å². The quantitative estimate of drug-likeness (QED) is 0.874. The van der Waals surface area contributed by atoms with E-state index >= 15 is 0 Å². The molecule has 2 aromatic rings. The lowest BCUT2D eigenvalue weighted by atomic mass is 10.1. The number of benzene rings is 1. The SMILES string of the molecule is CSC(C)CNc1ncc2cc(C(=O)O)ccc2n1. The number of nitrogens with zero attached hydrogens (tertiary/aromatic N) is 2. The number of nitrogens with one attached hydrogen (secondary N) is 1. The first-order valence-electron chi connectivity index (χ1n) is 5.87. The normalized spacial score (nSPS) is 12.3. The largest absolute Gasteiger partial charge is 0.478 e. The summed E-state index contributed by atoms with van der Waals surface area (Å²) >= 11 is 1.77. The van der Waals surface area contributed by atoms with Crippen molar-refractivity contribution in [1.29, 1.82) is 0 Å². The van der Waals surface area contributed by atoms with Crippen molar-refractivity contribution in [1.82, 2.24) is 9.97 Å². The number of aromatic nitrogens is 2. The zero-order chi connectivity index (χ0) is 13.8. The third-order valence-electron chi connectivity index (χ3n) is 2.78. The predicted octanol–water partition coefficient (Wildman–Crippen LogP) is 2.49. The molecule has 0 saturated heterocycles. The van der Waals surface area contributed by atoms with Crippen molar-refractivity contribution < 1.29 is 9.90 Å². The first kappa shape index (κ1) is 13.6. The average molecular weight is 277 g/mol. The summed E-state index contributed by atoms with van der Waals surface area (Å²) < 4.78 is 0. The summed E-state index contributed by atoms with van der Waals surface area (Å²) in [6, 6.07) is 4.82. The highest BCUT2D eigenvalue weighted by molar-refractivity contribution is 7.99. The fraction of sp³-hybridized carbons (Fsp3) is 0.308. The van der Waals surface area contributed by atoms with E-state index in [1.165, 1.54) is 0 Å². The van der Waals surface area contributed by atoms with E-state index in [0.29, 0.717) is 11.2 Å². The highest BCUT2D eigenvalue weighted by Gasteiger charge is 2.06. The molecule has 0 fully saturated rings. The standard InChI is InChI=1S/C13H15N3O2S/c1-8(19-2)6-14-13-15-7-10-5-9(12(17)18)3-4-11(10)16-13/h3-5,7-8H,6H2,1-2H3,(H,17,18)(H,14,15,16). The van der Waals surface area contributed by atoms with E-state index < -0.39 is 5.97 Å². The summed E-state index contributed by atoms with van der Waals surface area (Å²) in [5.74, 6) is -0.380. The molecule has 5 nitrogen and oxygen atoms in total. The molecule has 0 aliphatic carbocycles. The van der Waals surface area contributed by atoms with Crippen molar-refractivity contribution in [3.05, 3.63) is 30.0 Å². The number of carboxylic acid groups (broad SMARTS) is 1. The Morgan fingerprint density at radius 2 is 2.32 bits per heavy atom. The fourth-order valence-electron chi connectivity index (χ4n) is 1.57. The third-order valence-corrected chi connectivity index (χ3v) is 3.75. The van der Waals surface area contributed by atoms with Crippen LogP contribution in [0.2, 0.25) is 0 Å². The molecule has 0 spiro atoms. The van der Waals surface area contributed by atoms with Gasteiger partial charge in [0.2, 0.25) is 5.95 Å². The van der Waals surface area contributed by atoms with Gasteiger partial charge in [0.25, 0.3) is 0 Å². The molecule has 19 heavy (non-hydrogen) atoms. The molecule has 6 heteroatoms. The van der Waals surface area contributed by atoms with Crippen LogP contribution in [-0.2, 0) is 0 Å². The first-order valence-corrected chi connectivity index (χ1v) is 7.15. The maximum atomic E-state index is 10.9. The minimum Gasteiger partial charge on any atom is -0.478 e. The Morgan fingerprint density at radius 1 is 1.53 bits per heavy atom. The predicted molar refractivity (Wildman–Crippen MR) is 78.0 cm³/mol. The van der Waals surface area contributed by atoms with Gasteiger partial charge in [-0.2, -0.15) is 11.8 Å². The molecular formula is C13H15N3O2S. The lowest BCUT2D eigenvalue weighted by molar-refractivity contribution is 0.0697. The molecule has 0 bridgehead atoms. The molecule has 0 amide bonds. The van der Waals surface area contributed by atoms with Crippen molar-refractivity contribution in [3.63, 3.8) is 0 Å². The van der Waals surface area contributed by atoms with Crippen LogP contribution in [0.5, 0.6) is 0 Å². The molecular weight excluding hydrogens is 262 g/mol. The van der Waals surface area contributed by atoms with Crippen LogP contribution in [0.15, 0.2) is 24.4 Å². The highest BCUT2D eigenvalue weighted by atomic mass is 32.2. The van der Waals surface area contributed by atoms with E-state index in [9.17, 15) is 4.79 Å². The number of rotatable bonds is 5. The summed E-state index contributed by atoms with van der Waals surface area (Å²) in [6.45, 7) is 2.91. The molecule has 1 heterocycles. The maximum absolute atomic E-state index is 10.9. The summed E-state index contributed by atoms with van der Waals surface area (Å²) in [5.41, 5.74) is 0.979. The van der Waals surface area contributed by atoms with Crippen LogP contribution in [0.1, 0.15) is 17.3 Å². The zero-order valence-electron chi connectivity index (χ0n) is 10.8. The van der Waals surface area contributed by atoms with E-state index in [-0.39, 0.29) is 5.56 Å². The lowest BCUT2D eigenvalue weighted by Crippen LogP contribution is -2.14. The Hall–Kier alpha value is -1.82. The number of aromatic carboxylic acids is 1. The van der Waals surface area contributed by atoms with Gasteiger partial charge >= 0.3 is 5.97 Å². The minimum absolute atomic E-state index is 0.243. The Kier molecular flexibility index (Phi) is 4.21. The van der Waals surface area contributed by atoms with Gasteiger partial charge in [-0.1, -0.05) is 6.92 Å². The number of carboxylic acids is 1. The first-order chi connectivity index (χ1) is 9.10. The lowest BCUT2D eigenvalue weighted by Gasteiger charge is -2.10. The summed E-state index contributed by atoms with van der Waals surface area (Å²) in [5, 5.41) is 13.3. The number of carbonyl (C=O) groups is 1. The topological polar surface area (TPSA) is 75.1 Å². The molecule has 100 valence electrons. The maximum Gasteiger partial charge on any atom is 0.335 e. The van der Waals surface area contributed by atoms with E-state index in [0.717, 1.165) is 17.4 Å². The van der Waals surface area contributed by atoms with Gasteiger partial charge in [0.05, 0.1) is 11.1 Å². The van der Waals surface area contributed by atoms with E-state index in [4.69, 9.17) is 5.11 Å². The molecule has 2 rings (SSSR count). The summed E-state index contributed by atoms with van der Waals surface area (Å²) in [6.07, 6.45) is 3.70. The number of hydrogen-bond acceptors (Lipinski definition) is 5. The van der Waals surface area contributed by atoms with Gasteiger partial charge < -0.3 is 10.4 Å². The van der Waals surface area contributed by atoms with E-state index in [1.807, 2.05) is 0 Å². The highest BCUT2D eigenvalue weighted by Crippen LogP contribution is 2.15. The van der Waals surface area contributed by atoms with Gasteiger partial charge in [0.1, 0.15) is 0 Å². The molecule has 2 N–H and O–H groups in total. The number of anilines is 1. The van der Waals surface area contributed by atoms with Crippen molar-refractivity contribution in [2.24, 2.45) is 0 Å². The van der Waals surface area contributed by atoms with Crippen LogP contribution in [-0.4, -0.2) is 39.1 Å². The Balaban J connectivity index is 2.21. The van der Waals surface area contributed by atoms with Gasteiger partial charge in [-0.3, -0.25) is 0 Å². The Morgan fingerprint density at radius 3 is 3.00 bits per heavy atom. The molecule has 1 unspecified atom stereocenters. The van der Waals surface area contributed by atoms with Gasteiger partial charge in [0.15, 0.2) is 0 Å². The second-order valence-corrected chi connectivity index (χ2v) is 5.48. The van der Waals surface area contributed by atoms with Crippen LogP contribution in [0.3, 0.4) is 0 Å². The Labute approximate surface area is 115 Å². The zero-order valence-corrected chi connectivity index (χ0v) is 11.6. The molecule has 0 saturated carbocycles. The molecule has 1 aromatic heterocycles. The summed E-state index contributed by atoms with van der Waals surface area (Å²) in [4.78, 5) is 19.4. The van der Waals surface area contributed by atoms with Gasteiger partial charge in [-0.15, -0.1) is 0 Å². The van der Waals surface area contributed by atoms with Crippen LogP contribution < -0.4 is 5.32 Å². The monoisotopic (exact) mass is 277 g/mol. The molecule has 0 aliphatic heterocycles. The van der Waals surface area contributed by atoms with Gasteiger partial charge in [-0.05, 0) is 24.5 Å². The van der Waals surface area contributed by atoms with Crippen LogP contribution in [0, 0.1) is 0 Å². The third kappa shape index (κ3) is 3.35. The van der Waals surface area contributed by atoms with Crippen LogP contribution in [0.4, 0.5) is 5.95 Å². The van der Waals surface area contributed by atoms with Crippen LogP contribution >= 0.6 is 11.8 Å². The van der Waals surface area contributed by atoms with Gasteiger partial charge in [-0.25, -0.2) is 14.8 Å². The number of thioether (sulfide) groups is 1. The molecule has 0 aliphatic rings. The fourth-order valence-corrected chi connectivity index (χ4v) is 1.82. The van der Waals surface area contributed by atoms with E-state index in [2.05, 4.69) is 28.5 Å². The smallest absolute Gasteiger partial charge is 0.335 e.